The Morgan fingerprint density at radius 3 is 1.83 bits per heavy atom. The fourth-order valence-corrected chi connectivity index (χ4v) is 1.83. The van der Waals surface area contributed by atoms with Crippen molar-refractivity contribution in [2.24, 2.45) is 0 Å². The second kappa shape index (κ2) is 5.98. The van der Waals surface area contributed by atoms with Gasteiger partial charge in [-0.3, -0.25) is 9.78 Å². The zero-order valence-electron chi connectivity index (χ0n) is 11.3. The molecule has 0 fully saturated rings. The van der Waals surface area contributed by atoms with Crippen molar-refractivity contribution in [1.82, 2.24) is 4.98 Å². The van der Waals surface area contributed by atoms with Gasteiger partial charge >= 0.3 is 12.4 Å². The van der Waals surface area contributed by atoms with Crippen LogP contribution in [0.4, 0.5) is 26.3 Å². The number of aromatic nitrogens is 2. The SMILES string of the molecule is O=C(C[n+]1ccncc1)c1cc(C(F)(F)F)cc(C(F)(F)F)c1. The van der Waals surface area contributed by atoms with Crippen molar-refractivity contribution in [2.45, 2.75) is 18.9 Å². The minimum absolute atomic E-state index is 0.0175. The molecule has 0 atom stereocenters. The van der Waals surface area contributed by atoms with Crippen LogP contribution in [0.1, 0.15) is 21.5 Å². The van der Waals surface area contributed by atoms with Crippen molar-refractivity contribution in [3.05, 3.63) is 59.7 Å². The smallest absolute Gasteiger partial charge is 0.287 e. The quantitative estimate of drug-likeness (QED) is 0.490. The van der Waals surface area contributed by atoms with Crippen LogP contribution in [0.5, 0.6) is 0 Å². The van der Waals surface area contributed by atoms with Gasteiger partial charge in [0.25, 0.3) is 0 Å². The molecule has 0 spiro atoms. The van der Waals surface area contributed by atoms with Gasteiger partial charge in [-0.25, -0.2) is 0 Å². The number of benzene rings is 1. The van der Waals surface area contributed by atoms with E-state index in [-0.39, 0.29) is 6.07 Å². The first kappa shape index (κ1) is 16.9. The molecule has 0 aliphatic rings. The van der Waals surface area contributed by atoms with Gasteiger partial charge in [0.1, 0.15) is 0 Å². The maximum absolute atomic E-state index is 12.7. The average Bonchev–Trinajstić information content (AvgIpc) is 2.46. The Bertz CT molecular complexity index is 677. The number of rotatable bonds is 3. The number of carbonyl (C=O) groups excluding carboxylic acids is 1. The minimum atomic E-state index is -4.99. The highest BCUT2D eigenvalue weighted by Gasteiger charge is 2.37. The fraction of sp³-hybridized carbons (Fsp3) is 0.214. The number of ketones is 1. The van der Waals surface area contributed by atoms with Gasteiger partial charge in [0.15, 0.2) is 12.4 Å². The molecule has 0 aliphatic heterocycles. The third-order valence-corrected chi connectivity index (χ3v) is 2.92. The topological polar surface area (TPSA) is 33.8 Å². The average molecular weight is 335 g/mol. The molecular formula is C14H9F6N2O+. The summed E-state index contributed by atoms with van der Waals surface area (Å²) in [5.74, 6) is -0.877. The number of halogens is 6. The predicted molar refractivity (Wildman–Crippen MR) is 65.2 cm³/mol. The molecule has 23 heavy (non-hydrogen) atoms. The van der Waals surface area contributed by atoms with Crippen LogP contribution in [0.2, 0.25) is 0 Å². The lowest BCUT2D eigenvalue weighted by Crippen LogP contribution is -2.37. The first-order chi connectivity index (χ1) is 10.6. The summed E-state index contributed by atoms with van der Waals surface area (Å²) in [6.07, 6.45) is -4.56. The van der Waals surface area contributed by atoms with Crippen molar-refractivity contribution in [2.75, 3.05) is 0 Å². The molecule has 0 radical (unpaired) electrons. The van der Waals surface area contributed by atoms with Gasteiger partial charge in [-0.1, -0.05) is 0 Å². The first-order valence-electron chi connectivity index (χ1n) is 6.19. The van der Waals surface area contributed by atoms with Gasteiger partial charge in [-0.05, 0) is 18.2 Å². The summed E-state index contributed by atoms with van der Waals surface area (Å²) in [6, 6.07) is 0.814. The van der Waals surface area contributed by atoms with Crippen LogP contribution in [-0.2, 0) is 18.9 Å². The molecule has 1 aromatic carbocycles. The molecule has 9 heteroatoms. The van der Waals surface area contributed by atoms with E-state index in [0.717, 1.165) is 0 Å². The summed E-state index contributed by atoms with van der Waals surface area (Å²) in [5, 5.41) is 0. The number of hydrogen-bond donors (Lipinski definition) is 0. The van der Waals surface area contributed by atoms with E-state index in [1.807, 2.05) is 0 Å². The van der Waals surface area contributed by atoms with Gasteiger partial charge < -0.3 is 0 Å². The lowest BCUT2D eigenvalue weighted by atomic mass is 10.0. The molecule has 2 rings (SSSR count). The molecule has 2 aromatic rings. The Labute approximate surface area is 126 Å². The lowest BCUT2D eigenvalue weighted by Gasteiger charge is -2.13. The first-order valence-corrected chi connectivity index (χ1v) is 6.19. The summed E-state index contributed by atoms with van der Waals surface area (Å²) in [5.41, 5.74) is -3.69. The van der Waals surface area contributed by atoms with E-state index in [1.165, 1.54) is 29.4 Å². The van der Waals surface area contributed by atoms with Crippen LogP contribution in [0.25, 0.3) is 0 Å². The zero-order valence-corrected chi connectivity index (χ0v) is 11.3. The predicted octanol–water partition coefficient (Wildman–Crippen LogP) is 3.29. The van der Waals surface area contributed by atoms with Crippen molar-refractivity contribution >= 4 is 5.78 Å². The summed E-state index contributed by atoms with van der Waals surface area (Å²) >= 11 is 0. The van der Waals surface area contributed by atoms with E-state index >= 15 is 0 Å². The molecular weight excluding hydrogens is 326 g/mol. The summed E-state index contributed by atoms with van der Waals surface area (Å²) < 4.78 is 77.7. The van der Waals surface area contributed by atoms with Crippen LogP contribution < -0.4 is 4.57 Å². The molecule has 0 unspecified atom stereocenters. The Morgan fingerprint density at radius 2 is 1.39 bits per heavy atom. The Kier molecular flexibility index (Phi) is 4.39. The van der Waals surface area contributed by atoms with Crippen LogP contribution >= 0.6 is 0 Å². The molecule has 0 N–H and O–H groups in total. The number of hydrogen-bond acceptors (Lipinski definition) is 2. The summed E-state index contributed by atoms with van der Waals surface area (Å²) in [6.45, 7) is -0.402. The second-order valence-corrected chi connectivity index (χ2v) is 4.64. The van der Waals surface area contributed by atoms with Gasteiger partial charge in [0.2, 0.25) is 12.3 Å². The molecule has 1 aromatic heterocycles. The molecule has 0 bridgehead atoms. The Hall–Kier alpha value is -2.45. The van der Waals surface area contributed by atoms with Crippen molar-refractivity contribution in [1.29, 1.82) is 0 Å². The largest absolute Gasteiger partial charge is 0.416 e. The van der Waals surface area contributed by atoms with Crippen molar-refractivity contribution in [3.8, 4) is 0 Å². The van der Waals surface area contributed by atoms with E-state index in [4.69, 9.17) is 0 Å². The normalized spacial score (nSPS) is 12.3. The highest BCUT2D eigenvalue weighted by Crippen LogP contribution is 2.36. The molecule has 0 aliphatic carbocycles. The van der Waals surface area contributed by atoms with Crippen LogP contribution in [0.3, 0.4) is 0 Å². The molecule has 0 amide bonds. The third-order valence-electron chi connectivity index (χ3n) is 2.92. The molecule has 1 heterocycles. The molecule has 0 saturated heterocycles. The third kappa shape index (κ3) is 4.27. The number of carbonyl (C=O) groups is 1. The van der Waals surface area contributed by atoms with Gasteiger partial charge in [0.05, 0.1) is 23.5 Å². The van der Waals surface area contributed by atoms with Gasteiger partial charge in [0, 0.05) is 5.56 Å². The number of nitrogens with zero attached hydrogens (tertiary/aromatic N) is 2. The summed E-state index contributed by atoms with van der Waals surface area (Å²) in [4.78, 5) is 15.7. The van der Waals surface area contributed by atoms with Crippen LogP contribution in [0, 0.1) is 0 Å². The Balaban J connectivity index is 2.43. The van der Waals surface area contributed by atoms with E-state index < -0.39 is 41.4 Å². The highest BCUT2D eigenvalue weighted by molar-refractivity contribution is 5.95. The maximum Gasteiger partial charge on any atom is 0.416 e. The lowest BCUT2D eigenvalue weighted by molar-refractivity contribution is -0.683. The Morgan fingerprint density at radius 1 is 0.913 bits per heavy atom. The highest BCUT2D eigenvalue weighted by atomic mass is 19.4. The number of alkyl halides is 6. The van der Waals surface area contributed by atoms with E-state index in [9.17, 15) is 31.1 Å². The maximum atomic E-state index is 12.7. The van der Waals surface area contributed by atoms with E-state index in [1.54, 1.807) is 0 Å². The molecule has 3 nitrogen and oxygen atoms in total. The van der Waals surface area contributed by atoms with E-state index in [2.05, 4.69) is 4.98 Å². The van der Waals surface area contributed by atoms with Crippen molar-refractivity contribution in [3.63, 3.8) is 0 Å². The van der Waals surface area contributed by atoms with Crippen LogP contribution in [-0.4, -0.2) is 10.8 Å². The van der Waals surface area contributed by atoms with Crippen LogP contribution in [0.15, 0.2) is 43.0 Å². The number of Topliss-reactive ketones (excluding diaryl/α,β-unsaturated/α-hetero) is 1. The monoisotopic (exact) mass is 335 g/mol. The van der Waals surface area contributed by atoms with Gasteiger partial charge in [-0.15, -0.1) is 0 Å². The van der Waals surface area contributed by atoms with Gasteiger partial charge in [-0.2, -0.15) is 30.9 Å². The second-order valence-electron chi connectivity index (χ2n) is 4.64. The summed E-state index contributed by atoms with van der Waals surface area (Å²) in [7, 11) is 0. The molecule has 0 saturated carbocycles. The standard InChI is InChI=1S/C14H9F6N2O/c15-13(16,17)10-5-9(6-11(7-10)14(18,19)20)12(23)8-22-3-1-21-2-4-22/h1-7H,8H2/q+1. The van der Waals surface area contributed by atoms with Crippen molar-refractivity contribution < 1.29 is 35.7 Å². The van der Waals surface area contributed by atoms with E-state index in [0.29, 0.717) is 12.1 Å². The molecule has 122 valence electrons. The zero-order chi connectivity index (χ0) is 17.3. The minimum Gasteiger partial charge on any atom is -0.287 e. The fourth-order valence-electron chi connectivity index (χ4n) is 1.83.